The normalized spacial score (nSPS) is 14.0. The fourth-order valence-electron chi connectivity index (χ4n) is 9.99. The zero-order chi connectivity index (χ0) is 37.7. The molecule has 0 atom stereocenters. The van der Waals surface area contributed by atoms with Crippen molar-refractivity contribution >= 4 is 93.3 Å². The first-order chi connectivity index (χ1) is 27.9. The molecule has 0 radical (unpaired) electrons. The van der Waals surface area contributed by atoms with Gasteiger partial charge in [-0.15, -0.1) is 0 Å². The fraction of sp³-hybridized carbons (Fsp3) is 0.0577. The molecule has 0 saturated heterocycles. The molecule has 0 N–H and O–H groups in total. The van der Waals surface area contributed by atoms with Gasteiger partial charge in [-0.1, -0.05) is 86.6 Å². The maximum Gasteiger partial charge on any atom is 0.193 e. The minimum absolute atomic E-state index is 0.0508. The van der Waals surface area contributed by atoms with Gasteiger partial charge in [0.2, 0.25) is 0 Å². The molecule has 5 nitrogen and oxygen atoms in total. The number of furan rings is 2. The number of hydrogen-bond acceptors (Lipinski definition) is 3. The monoisotopic (exact) mass is 732 g/mol. The summed E-state index contributed by atoms with van der Waals surface area (Å²) in [5.41, 5.74) is 12.9. The van der Waals surface area contributed by atoms with E-state index in [-0.39, 0.29) is 5.78 Å². The average molecular weight is 733 g/mol. The van der Waals surface area contributed by atoms with E-state index in [4.69, 9.17) is 8.83 Å². The molecule has 4 aromatic heterocycles. The highest BCUT2D eigenvalue weighted by atomic mass is 16.3. The van der Waals surface area contributed by atoms with Crippen LogP contribution in [0.1, 0.15) is 40.9 Å². The second-order valence-electron chi connectivity index (χ2n) is 16.0. The van der Waals surface area contributed by atoms with Crippen molar-refractivity contribution in [2.75, 3.05) is 0 Å². The number of para-hydroxylation sites is 4. The van der Waals surface area contributed by atoms with Gasteiger partial charge in [-0.05, 0) is 83.9 Å². The number of nitrogens with zero attached hydrogens (tertiary/aromatic N) is 2. The highest BCUT2D eigenvalue weighted by Gasteiger charge is 2.38. The van der Waals surface area contributed by atoms with Crippen LogP contribution in [0.2, 0.25) is 0 Å². The Bertz CT molecular complexity index is 3510. The summed E-state index contributed by atoms with van der Waals surface area (Å²) in [4.78, 5) is 14.5. The van der Waals surface area contributed by atoms with E-state index in [9.17, 15) is 4.79 Å². The number of aromatic nitrogens is 2. The van der Waals surface area contributed by atoms with Gasteiger partial charge in [0.1, 0.15) is 22.3 Å². The highest BCUT2D eigenvalue weighted by molar-refractivity contribution is 6.19. The van der Waals surface area contributed by atoms with Gasteiger partial charge in [-0.2, -0.15) is 0 Å². The van der Waals surface area contributed by atoms with E-state index in [0.717, 1.165) is 99.6 Å². The number of carbonyl (C=O) groups excluding carboxylic acids is 1. The van der Waals surface area contributed by atoms with Gasteiger partial charge in [0.05, 0.1) is 22.1 Å². The van der Waals surface area contributed by atoms with Crippen molar-refractivity contribution in [3.8, 4) is 11.4 Å². The predicted octanol–water partition coefficient (Wildman–Crippen LogP) is 13.5. The minimum Gasteiger partial charge on any atom is -0.456 e. The van der Waals surface area contributed by atoms with E-state index in [2.05, 4.69) is 144 Å². The summed E-state index contributed by atoms with van der Waals surface area (Å²) in [6.07, 6.45) is 0. The molecule has 0 unspecified atom stereocenters. The Morgan fingerprint density at radius 1 is 0.386 bits per heavy atom. The molecule has 1 aliphatic carbocycles. The van der Waals surface area contributed by atoms with Gasteiger partial charge in [0.25, 0.3) is 0 Å². The third-order valence-electron chi connectivity index (χ3n) is 12.7. The summed E-state index contributed by atoms with van der Waals surface area (Å²) in [6, 6.07) is 55.2. The molecule has 4 heterocycles. The lowest BCUT2D eigenvalue weighted by Gasteiger charge is -2.35. The van der Waals surface area contributed by atoms with Crippen molar-refractivity contribution in [2.45, 2.75) is 19.3 Å². The van der Waals surface area contributed by atoms with Crippen LogP contribution in [0.4, 0.5) is 0 Å². The number of hydrogen-bond donors (Lipinski definition) is 0. The number of rotatable bonds is 2. The lowest BCUT2D eigenvalue weighted by Crippen LogP contribution is -2.31. The van der Waals surface area contributed by atoms with Crippen molar-refractivity contribution in [3.63, 3.8) is 0 Å². The lowest BCUT2D eigenvalue weighted by molar-refractivity contribution is 0.103. The average Bonchev–Trinajstić information content (AvgIpc) is 3.98. The summed E-state index contributed by atoms with van der Waals surface area (Å²) in [5, 5.41) is 9.12. The van der Waals surface area contributed by atoms with Crippen LogP contribution in [0.3, 0.4) is 0 Å². The first kappa shape index (κ1) is 30.9. The maximum absolute atomic E-state index is 14.5. The van der Waals surface area contributed by atoms with E-state index in [1.54, 1.807) is 0 Å². The van der Waals surface area contributed by atoms with E-state index < -0.39 is 5.41 Å². The lowest BCUT2D eigenvalue weighted by atomic mass is 9.68. The topological polar surface area (TPSA) is 53.2 Å². The van der Waals surface area contributed by atoms with Gasteiger partial charge in [-0.25, -0.2) is 0 Å². The highest BCUT2D eigenvalue weighted by Crippen LogP contribution is 2.46. The molecule has 8 aromatic carbocycles. The van der Waals surface area contributed by atoms with E-state index >= 15 is 0 Å². The van der Waals surface area contributed by atoms with Crippen LogP contribution in [0, 0.1) is 0 Å². The van der Waals surface area contributed by atoms with E-state index in [0.29, 0.717) is 0 Å². The molecule has 0 bridgehead atoms. The number of ketones is 1. The summed E-state index contributed by atoms with van der Waals surface area (Å²) in [6.45, 7) is 4.50. The summed E-state index contributed by atoms with van der Waals surface area (Å²) in [7, 11) is 0. The molecule has 268 valence electrons. The predicted molar refractivity (Wildman–Crippen MR) is 232 cm³/mol. The van der Waals surface area contributed by atoms with Crippen LogP contribution in [0.25, 0.3) is 98.9 Å². The molecule has 0 spiro atoms. The van der Waals surface area contributed by atoms with Crippen LogP contribution < -0.4 is 0 Å². The van der Waals surface area contributed by atoms with Crippen LogP contribution >= 0.6 is 0 Å². The second kappa shape index (κ2) is 10.7. The Hall–Kier alpha value is -7.37. The first-order valence-corrected chi connectivity index (χ1v) is 19.5. The smallest absolute Gasteiger partial charge is 0.193 e. The van der Waals surface area contributed by atoms with Crippen LogP contribution in [0.5, 0.6) is 0 Å². The van der Waals surface area contributed by atoms with Crippen molar-refractivity contribution in [3.05, 3.63) is 180 Å². The van der Waals surface area contributed by atoms with Gasteiger partial charge in [-0.3, -0.25) is 4.79 Å². The SMILES string of the molecule is CC1(C)c2cc(-n3c4ccccc4c4cc5c(cc43)oc3ccccc35)ccc2C(=O)c2ccc(-n3c4ccccc4c4cc5c(cc43)oc3ccccc35)cc21. The molecule has 1 aliphatic rings. The van der Waals surface area contributed by atoms with Gasteiger partial charge in [0.15, 0.2) is 5.78 Å². The molecule has 57 heavy (non-hydrogen) atoms. The van der Waals surface area contributed by atoms with Crippen LogP contribution in [-0.2, 0) is 5.41 Å². The van der Waals surface area contributed by atoms with Crippen molar-refractivity contribution in [1.29, 1.82) is 0 Å². The number of carbonyl (C=O) groups is 1. The van der Waals surface area contributed by atoms with Crippen LogP contribution in [-0.4, -0.2) is 14.9 Å². The molecular weight excluding hydrogens is 701 g/mol. The van der Waals surface area contributed by atoms with Gasteiger partial charge < -0.3 is 18.0 Å². The summed E-state index contributed by atoms with van der Waals surface area (Å²) >= 11 is 0. The largest absolute Gasteiger partial charge is 0.456 e. The standard InChI is InChI=1S/C52H32N2O3/c1-52(2)41-23-29(53-43-15-7-3-11-31(43)37-25-39-33-13-5-9-17-47(33)56-49(39)27-45(37)53)19-21-35(41)51(55)36-22-20-30(24-42(36)52)54-44-16-8-4-12-32(44)38-26-40-34-14-6-10-18-48(34)57-50(40)28-46(38)54/h3-28H,1-2H3. The zero-order valence-corrected chi connectivity index (χ0v) is 31.1. The number of fused-ring (bicyclic) bond motifs is 14. The zero-order valence-electron chi connectivity index (χ0n) is 31.1. The summed E-state index contributed by atoms with van der Waals surface area (Å²) in [5.74, 6) is 0.0508. The van der Waals surface area contributed by atoms with Crippen molar-refractivity contribution in [1.82, 2.24) is 9.13 Å². The summed E-state index contributed by atoms with van der Waals surface area (Å²) < 4.78 is 17.4. The minimum atomic E-state index is -0.486. The van der Waals surface area contributed by atoms with E-state index in [1.807, 2.05) is 36.4 Å². The van der Waals surface area contributed by atoms with Crippen molar-refractivity contribution < 1.29 is 13.6 Å². The van der Waals surface area contributed by atoms with E-state index in [1.165, 1.54) is 21.5 Å². The molecule has 0 fully saturated rings. The Balaban J connectivity index is 1.01. The molecule has 12 aromatic rings. The van der Waals surface area contributed by atoms with Crippen molar-refractivity contribution in [2.24, 2.45) is 0 Å². The fourth-order valence-corrected chi connectivity index (χ4v) is 9.99. The molecular formula is C52H32N2O3. The van der Waals surface area contributed by atoms with Gasteiger partial charge >= 0.3 is 0 Å². The third kappa shape index (κ3) is 4.00. The molecule has 0 aliphatic heterocycles. The molecule has 5 heteroatoms. The van der Waals surface area contributed by atoms with Crippen LogP contribution in [0.15, 0.2) is 167 Å². The van der Waals surface area contributed by atoms with Gasteiger partial charge in [0, 0.05) is 83.1 Å². The Morgan fingerprint density at radius 3 is 1.28 bits per heavy atom. The maximum atomic E-state index is 14.5. The second-order valence-corrected chi connectivity index (χ2v) is 16.0. The molecule has 0 saturated carbocycles. The quantitative estimate of drug-likeness (QED) is 0.178. The molecule has 0 amide bonds. The Kier molecular flexibility index (Phi) is 5.79. The Labute approximate surface area is 325 Å². The third-order valence-corrected chi connectivity index (χ3v) is 12.7. The number of benzene rings is 8. The Morgan fingerprint density at radius 2 is 0.807 bits per heavy atom. The first-order valence-electron chi connectivity index (χ1n) is 19.5. The molecule has 13 rings (SSSR count).